The quantitative estimate of drug-likeness (QED) is 0.839. The van der Waals surface area contributed by atoms with E-state index in [1.807, 2.05) is 4.90 Å². The van der Waals surface area contributed by atoms with Gasteiger partial charge in [0, 0.05) is 36.8 Å². The van der Waals surface area contributed by atoms with Crippen LogP contribution in [-0.2, 0) is 0 Å². The van der Waals surface area contributed by atoms with Crippen molar-refractivity contribution in [1.82, 2.24) is 4.57 Å². The van der Waals surface area contributed by atoms with E-state index in [2.05, 4.69) is 0 Å². The molecule has 27 heavy (non-hydrogen) atoms. The minimum absolute atomic E-state index is 0.0186. The van der Waals surface area contributed by atoms with Crippen molar-refractivity contribution in [2.75, 3.05) is 18.0 Å². The van der Waals surface area contributed by atoms with E-state index in [-0.39, 0.29) is 39.2 Å². The van der Waals surface area contributed by atoms with Crippen LogP contribution in [0.4, 0.5) is 10.1 Å². The Morgan fingerprint density at radius 2 is 2.11 bits per heavy atom. The van der Waals surface area contributed by atoms with Crippen molar-refractivity contribution < 1.29 is 14.3 Å². The van der Waals surface area contributed by atoms with Crippen LogP contribution in [0, 0.1) is 11.2 Å². The van der Waals surface area contributed by atoms with Gasteiger partial charge in [-0.2, -0.15) is 0 Å². The molecule has 1 aliphatic heterocycles. The summed E-state index contributed by atoms with van der Waals surface area (Å²) in [6, 6.07) is 1.37. The van der Waals surface area contributed by atoms with Crippen LogP contribution in [0.2, 0.25) is 5.02 Å². The molecule has 6 nitrogen and oxygen atoms in total. The Hall–Kier alpha value is -2.12. The summed E-state index contributed by atoms with van der Waals surface area (Å²) < 4.78 is 16.7. The lowest BCUT2D eigenvalue weighted by molar-refractivity contribution is 0.0695. The fourth-order valence-electron chi connectivity index (χ4n) is 4.45. The first-order valence-electron chi connectivity index (χ1n) is 9.13. The van der Waals surface area contributed by atoms with E-state index >= 15 is 4.39 Å². The maximum absolute atomic E-state index is 15.0. The van der Waals surface area contributed by atoms with E-state index in [9.17, 15) is 14.7 Å². The minimum Gasteiger partial charge on any atom is -0.477 e. The number of pyridine rings is 1. The summed E-state index contributed by atoms with van der Waals surface area (Å²) in [5, 5.41) is 9.54. The smallest absolute Gasteiger partial charge is 0.341 e. The van der Waals surface area contributed by atoms with Crippen molar-refractivity contribution in [2.45, 2.75) is 37.8 Å². The molecule has 2 aliphatic carbocycles. The maximum Gasteiger partial charge on any atom is 0.341 e. The van der Waals surface area contributed by atoms with Gasteiger partial charge in [-0.25, -0.2) is 9.18 Å². The highest BCUT2D eigenvalue weighted by Gasteiger charge is 2.56. The number of hydrogen-bond acceptors (Lipinski definition) is 4. The Kier molecular flexibility index (Phi) is 3.44. The van der Waals surface area contributed by atoms with Gasteiger partial charge >= 0.3 is 5.97 Å². The number of benzene rings is 1. The van der Waals surface area contributed by atoms with Gasteiger partial charge in [-0.3, -0.25) is 4.79 Å². The van der Waals surface area contributed by atoms with Crippen molar-refractivity contribution in [2.24, 2.45) is 11.1 Å². The predicted molar refractivity (Wildman–Crippen MR) is 100 cm³/mol. The maximum atomic E-state index is 15.0. The van der Waals surface area contributed by atoms with Gasteiger partial charge in [-0.1, -0.05) is 11.6 Å². The van der Waals surface area contributed by atoms with Gasteiger partial charge in [-0.15, -0.1) is 0 Å². The molecule has 0 amide bonds. The normalized spacial score (nSPS) is 26.9. The highest BCUT2D eigenvalue weighted by atomic mass is 35.5. The molecule has 3 N–H and O–H groups in total. The van der Waals surface area contributed by atoms with Gasteiger partial charge in [0.1, 0.15) is 11.4 Å². The van der Waals surface area contributed by atoms with E-state index in [0.29, 0.717) is 18.6 Å². The zero-order valence-electron chi connectivity index (χ0n) is 14.5. The molecule has 1 aromatic heterocycles. The number of aromatic nitrogens is 1. The highest BCUT2D eigenvalue weighted by molar-refractivity contribution is 6.38. The first kappa shape index (κ1) is 17.0. The average Bonchev–Trinajstić information content (AvgIpc) is 3.49. The Bertz CT molecular complexity index is 1060. The number of carboxylic acids is 1. The molecule has 1 saturated heterocycles. The van der Waals surface area contributed by atoms with Gasteiger partial charge in [0.15, 0.2) is 0 Å². The number of carboxylic acid groups (broad SMARTS) is 1. The number of nitrogens with zero attached hydrogens (tertiary/aromatic N) is 2. The van der Waals surface area contributed by atoms with E-state index in [4.69, 9.17) is 17.3 Å². The first-order chi connectivity index (χ1) is 12.8. The number of nitrogens with two attached hydrogens (primary N) is 1. The molecule has 0 radical (unpaired) electrons. The lowest BCUT2D eigenvalue weighted by atomic mass is 10.1. The van der Waals surface area contributed by atoms with Crippen molar-refractivity contribution in [3.05, 3.63) is 38.9 Å². The Morgan fingerprint density at radius 1 is 1.41 bits per heavy atom. The molecule has 1 spiro atoms. The molecule has 3 aliphatic rings. The van der Waals surface area contributed by atoms with Gasteiger partial charge in [-0.05, 0) is 31.7 Å². The Morgan fingerprint density at radius 3 is 2.67 bits per heavy atom. The number of halogens is 2. The van der Waals surface area contributed by atoms with Crippen molar-refractivity contribution >= 4 is 34.2 Å². The molecule has 2 aromatic rings. The van der Waals surface area contributed by atoms with Crippen molar-refractivity contribution in [3.8, 4) is 0 Å². The molecule has 3 fully saturated rings. The van der Waals surface area contributed by atoms with Gasteiger partial charge < -0.3 is 20.3 Å². The average molecular weight is 392 g/mol. The van der Waals surface area contributed by atoms with Crippen molar-refractivity contribution in [1.29, 1.82) is 0 Å². The molecular weight excluding hydrogens is 373 g/mol. The minimum atomic E-state index is -1.32. The standard InChI is InChI=1S/C19H19ClFN3O3/c20-14-15-10(17(25)11(18(26)27)7-24(15)9-1-2-9)5-12(21)16(14)23-4-3-19(8-23)6-13(19)22/h5,7,9,13H,1-4,6,8,22H2,(H,26,27). The molecule has 2 atom stereocenters. The second-order valence-electron chi connectivity index (χ2n) is 8.08. The predicted octanol–water partition coefficient (Wildman–Crippen LogP) is 2.75. The van der Waals surface area contributed by atoms with Crippen LogP contribution in [0.25, 0.3) is 10.9 Å². The third kappa shape index (κ3) is 2.41. The molecular formula is C19H19ClFN3O3. The lowest BCUT2D eigenvalue weighted by Gasteiger charge is -2.23. The fourth-order valence-corrected chi connectivity index (χ4v) is 4.86. The van der Waals surface area contributed by atoms with Crippen LogP contribution < -0.4 is 16.1 Å². The lowest BCUT2D eigenvalue weighted by Crippen LogP contribution is -2.25. The summed E-state index contributed by atoms with van der Waals surface area (Å²) in [6.07, 6.45) is 4.93. The third-order valence-electron chi connectivity index (χ3n) is 6.31. The largest absolute Gasteiger partial charge is 0.477 e. The zero-order chi connectivity index (χ0) is 19.1. The van der Waals surface area contributed by atoms with Crippen LogP contribution in [0.15, 0.2) is 17.1 Å². The summed E-state index contributed by atoms with van der Waals surface area (Å²) in [7, 11) is 0. The van der Waals surface area contributed by atoms with Crippen LogP contribution >= 0.6 is 11.6 Å². The number of rotatable bonds is 3. The topological polar surface area (TPSA) is 88.6 Å². The fraction of sp³-hybridized carbons (Fsp3) is 0.474. The molecule has 1 aromatic carbocycles. The van der Waals surface area contributed by atoms with Gasteiger partial charge in [0.05, 0.1) is 21.6 Å². The number of hydrogen-bond donors (Lipinski definition) is 2. The third-order valence-corrected chi connectivity index (χ3v) is 6.67. The molecule has 142 valence electrons. The van der Waals surface area contributed by atoms with E-state index in [1.54, 1.807) is 4.57 Å². The second-order valence-corrected chi connectivity index (χ2v) is 8.46. The molecule has 0 bridgehead atoms. The highest BCUT2D eigenvalue weighted by Crippen LogP contribution is 2.53. The number of aromatic carboxylic acids is 1. The van der Waals surface area contributed by atoms with Crippen molar-refractivity contribution in [3.63, 3.8) is 0 Å². The summed E-state index contributed by atoms with van der Waals surface area (Å²) in [5.74, 6) is -1.91. The number of anilines is 1. The van der Waals surface area contributed by atoms with Crippen LogP contribution in [-0.4, -0.2) is 34.8 Å². The molecule has 8 heteroatoms. The monoisotopic (exact) mass is 391 g/mol. The molecule has 5 rings (SSSR count). The zero-order valence-corrected chi connectivity index (χ0v) is 15.3. The van der Waals surface area contributed by atoms with Crippen LogP contribution in [0.5, 0.6) is 0 Å². The van der Waals surface area contributed by atoms with E-state index in [1.165, 1.54) is 6.20 Å². The molecule has 2 heterocycles. The summed E-state index contributed by atoms with van der Waals surface area (Å²) in [5.41, 5.74) is 5.75. The Labute approximate surface area is 159 Å². The van der Waals surface area contributed by atoms with E-state index < -0.39 is 17.2 Å². The summed E-state index contributed by atoms with van der Waals surface area (Å²) in [4.78, 5) is 26.0. The van der Waals surface area contributed by atoms with Gasteiger partial charge in [0.25, 0.3) is 0 Å². The molecule has 2 unspecified atom stereocenters. The Balaban J connectivity index is 1.73. The second kappa shape index (κ2) is 5.45. The number of carbonyl (C=O) groups is 1. The van der Waals surface area contributed by atoms with Gasteiger partial charge in [0.2, 0.25) is 5.43 Å². The van der Waals surface area contributed by atoms with Crippen LogP contribution in [0.3, 0.4) is 0 Å². The number of fused-ring (bicyclic) bond motifs is 1. The summed E-state index contributed by atoms with van der Waals surface area (Å²) in [6.45, 7) is 1.31. The summed E-state index contributed by atoms with van der Waals surface area (Å²) >= 11 is 6.64. The molecule has 2 saturated carbocycles. The first-order valence-corrected chi connectivity index (χ1v) is 9.51. The van der Waals surface area contributed by atoms with E-state index in [0.717, 1.165) is 31.7 Å². The van der Waals surface area contributed by atoms with Crippen LogP contribution in [0.1, 0.15) is 42.1 Å². The SMILES string of the molecule is NC1CC12CCN(c1c(F)cc3c(=O)c(C(=O)O)cn(C4CC4)c3c1Cl)C2.